The fraction of sp³-hybridized carbons (Fsp3) is 0.375. The van der Waals surface area contributed by atoms with Gasteiger partial charge in [-0.2, -0.15) is 5.10 Å². The molecule has 0 unspecified atom stereocenters. The first-order chi connectivity index (χ1) is 16.0. The van der Waals surface area contributed by atoms with Gasteiger partial charge in [0.2, 0.25) is 0 Å². The van der Waals surface area contributed by atoms with Crippen LogP contribution < -0.4 is 19.7 Å². The lowest BCUT2D eigenvalue weighted by molar-refractivity contribution is 0.194. The number of nitrogens with zero attached hydrogens (tertiary/aromatic N) is 5. The zero-order chi connectivity index (χ0) is 23.4. The molecule has 33 heavy (non-hydrogen) atoms. The Bertz CT molecular complexity index is 1110. The van der Waals surface area contributed by atoms with E-state index in [4.69, 9.17) is 14.6 Å². The van der Waals surface area contributed by atoms with E-state index in [1.165, 1.54) is 0 Å². The lowest BCUT2D eigenvalue weighted by atomic mass is 10.2. The van der Waals surface area contributed by atoms with Gasteiger partial charge < -0.3 is 24.6 Å². The minimum atomic E-state index is -0.0675. The van der Waals surface area contributed by atoms with Crippen LogP contribution in [0.5, 0.6) is 11.5 Å². The van der Waals surface area contributed by atoms with E-state index in [9.17, 15) is 4.79 Å². The molecule has 174 valence electrons. The van der Waals surface area contributed by atoms with Gasteiger partial charge in [0.05, 0.1) is 31.3 Å². The van der Waals surface area contributed by atoms with Gasteiger partial charge in [0.1, 0.15) is 0 Å². The number of hydrogen-bond acceptors (Lipinski definition) is 6. The Morgan fingerprint density at radius 3 is 2.45 bits per heavy atom. The number of pyridine rings is 1. The number of carbonyl (C=O) groups is 1. The van der Waals surface area contributed by atoms with Crippen molar-refractivity contribution >= 4 is 11.7 Å². The Labute approximate surface area is 193 Å². The minimum Gasteiger partial charge on any atom is -0.493 e. The second-order valence-corrected chi connectivity index (χ2v) is 7.94. The van der Waals surface area contributed by atoms with E-state index in [1.807, 2.05) is 52.9 Å². The molecule has 2 aromatic heterocycles. The van der Waals surface area contributed by atoms with Gasteiger partial charge in [-0.05, 0) is 43.7 Å². The van der Waals surface area contributed by atoms with Gasteiger partial charge >= 0.3 is 6.03 Å². The van der Waals surface area contributed by atoms with Crippen molar-refractivity contribution in [1.82, 2.24) is 25.0 Å². The van der Waals surface area contributed by atoms with Crippen LogP contribution in [0.3, 0.4) is 0 Å². The number of ether oxygens (including phenoxy) is 2. The number of rotatable bonds is 6. The van der Waals surface area contributed by atoms with Crippen LogP contribution in [-0.4, -0.2) is 66.1 Å². The maximum Gasteiger partial charge on any atom is 0.317 e. The van der Waals surface area contributed by atoms with Crippen molar-refractivity contribution < 1.29 is 14.3 Å². The van der Waals surface area contributed by atoms with E-state index in [-0.39, 0.29) is 6.03 Å². The van der Waals surface area contributed by atoms with Crippen molar-refractivity contribution in [2.24, 2.45) is 0 Å². The molecule has 0 bridgehead atoms. The molecular weight excluding hydrogens is 420 g/mol. The Morgan fingerprint density at radius 2 is 1.79 bits per heavy atom. The number of hydrogen-bond donors (Lipinski definition) is 1. The molecule has 0 radical (unpaired) electrons. The molecular formula is C24H30N6O3. The van der Waals surface area contributed by atoms with E-state index in [1.54, 1.807) is 20.4 Å². The number of nitrogens with one attached hydrogen (secondary N) is 1. The topological polar surface area (TPSA) is 84.8 Å². The summed E-state index contributed by atoms with van der Waals surface area (Å²) in [7, 11) is 3.20. The van der Waals surface area contributed by atoms with E-state index in [0.717, 1.165) is 41.5 Å². The Morgan fingerprint density at radius 1 is 1.03 bits per heavy atom. The molecule has 3 aromatic rings. The van der Waals surface area contributed by atoms with Crippen LogP contribution in [0, 0.1) is 13.8 Å². The van der Waals surface area contributed by atoms with Gasteiger partial charge in [-0.3, -0.25) is 0 Å². The van der Waals surface area contributed by atoms with Crippen molar-refractivity contribution in [2.45, 2.75) is 20.4 Å². The first-order valence-corrected chi connectivity index (χ1v) is 11.0. The number of aromatic nitrogens is 3. The fourth-order valence-electron chi connectivity index (χ4n) is 4.21. The van der Waals surface area contributed by atoms with E-state index < -0.39 is 0 Å². The number of piperazine rings is 1. The summed E-state index contributed by atoms with van der Waals surface area (Å²) in [5.41, 5.74) is 4.08. The summed E-state index contributed by atoms with van der Waals surface area (Å²) in [5.74, 6) is 2.12. The highest BCUT2D eigenvalue weighted by molar-refractivity contribution is 5.74. The summed E-state index contributed by atoms with van der Waals surface area (Å²) in [6.07, 6.45) is 1.77. The highest BCUT2D eigenvalue weighted by Gasteiger charge is 2.25. The molecule has 4 rings (SSSR count). The molecule has 9 nitrogen and oxygen atoms in total. The molecule has 1 aromatic carbocycles. The zero-order valence-corrected chi connectivity index (χ0v) is 19.5. The molecule has 0 saturated carbocycles. The van der Waals surface area contributed by atoms with Crippen LogP contribution in [0.1, 0.15) is 17.0 Å². The van der Waals surface area contributed by atoms with Crippen molar-refractivity contribution in [3.05, 3.63) is 59.5 Å². The summed E-state index contributed by atoms with van der Waals surface area (Å²) in [6, 6.07) is 11.4. The van der Waals surface area contributed by atoms with Crippen LogP contribution >= 0.6 is 0 Å². The first kappa shape index (κ1) is 22.4. The van der Waals surface area contributed by atoms with Crippen LogP contribution in [-0.2, 0) is 6.54 Å². The van der Waals surface area contributed by atoms with Crippen molar-refractivity contribution in [1.29, 1.82) is 0 Å². The van der Waals surface area contributed by atoms with Crippen molar-refractivity contribution in [3.63, 3.8) is 0 Å². The normalized spacial score (nSPS) is 13.7. The predicted octanol–water partition coefficient (Wildman–Crippen LogP) is 2.93. The lowest BCUT2D eigenvalue weighted by Gasteiger charge is -2.36. The molecule has 0 atom stereocenters. The number of aryl methyl sites for hydroxylation is 1. The average molecular weight is 451 g/mol. The van der Waals surface area contributed by atoms with Crippen molar-refractivity contribution in [2.75, 3.05) is 45.3 Å². The molecule has 1 fully saturated rings. The summed E-state index contributed by atoms with van der Waals surface area (Å²) >= 11 is 0. The van der Waals surface area contributed by atoms with Crippen molar-refractivity contribution in [3.8, 4) is 17.3 Å². The van der Waals surface area contributed by atoms with Gasteiger partial charge in [0.15, 0.2) is 17.3 Å². The molecule has 0 aliphatic carbocycles. The summed E-state index contributed by atoms with van der Waals surface area (Å²) in [6.45, 7) is 7.29. The highest BCUT2D eigenvalue weighted by atomic mass is 16.5. The Hall–Kier alpha value is -3.75. The maximum absolute atomic E-state index is 12.7. The largest absolute Gasteiger partial charge is 0.493 e. The van der Waals surface area contributed by atoms with Gasteiger partial charge in [0, 0.05) is 38.9 Å². The highest BCUT2D eigenvalue weighted by Crippen LogP contribution is 2.28. The number of methoxy groups -OCH3 is 2. The van der Waals surface area contributed by atoms with Crippen LogP contribution in [0.4, 0.5) is 10.5 Å². The first-order valence-electron chi connectivity index (χ1n) is 11.0. The number of urea groups is 1. The predicted molar refractivity (Wildman–Crippen MR) is 126 cm³/mol. The number of amides is 2. The SMILES string of the molecule is COc1ccc(CNC(=O)N2CCN(c3c(C)nn(-c4ccccn4)c3C)CC2)cc1OC. The minimum absolute atomic E-state index is 0.0675. The lowest BCUT2D eigenvalue weighted by Crippen LogP contribution is -2.52. The van der Waals surface area contributed by atoms with E-state index >= 15 is 0 Å². The van der Waals surface area contributed by atoms with Gasteiger partial charge in [-0.25, -0.2) is 14.5 Å². The smallest absolute Gasteiger partial charge is 0.317 e. The second kappa shape index (κ2) is 9.81. The van der Waals surface area contributed by atoms with Gasteiger partial charge in [0.25, 0.3) is 0 Å². The zero-order valence-electron chi connectivity index (χ0n) is 19.5. The maximum atomic E-state index is 12.7. The molecule has 1 N–H and O–H groups in total. The Balaban J connectivity index is 1.35. The second-order valence-electron chi connectivity index (χ2n) is 7.94. The van der Waals surface area contributed by atoms with Crippen LogP contribution in [0.15, 0.2) is 42.6 Å². The number of benzene rings is 1. The molecule has 3 heterocycles. The number of carbonyl (C=O) groups excluding carboxylic acids is 1. The Kier molecular flexibility index (Phi) is 6.67. The third kappa shape index (κ3) is 4.72. The average Bonchev–Trinajstić information content (AvgIpc) is 3.16. The summed E-state index contributed by atoms with van der Waals surface area (Å²) in [4.78, 5) is 21.3. The van der Waals surface area contributed by atoms with E-state index in [0.29, 0.717) is 31.1 Å². The molecule has 2 amide bonds. The van der Waals surface area contributed by atoms with Gasteiger partial charge in [-0.15, -0.1) is 0 Å². The monoisotopic (exact) mass is 450 g/mol. The van der Waals surface area contributed by atoms with Crippen LogP contribution in [0.25, 0.3) is 5.82 Å². The molecule has 1 aliphatic heterocycles. The molecule has 0 spiro atoms. The van der Waals surface area contributed by atoms with Crippen LogP contribution in [0.2, 0.25) is 0 Å². The molecule has 1 saturated heterocycles. The van der Waals surface area contributed by atoms with Gasteiger partial charge in [-0.1, -0.05) is 12.1 Å². The van der Waals surface area contributed by atoms with E-state index in [2.05, 4.69) is 22.1 Å². The third-order valence-corrected chi connectivity index (χ3v) is 5.89. The molecule has 9 heteroatoms. The molecule has 1 aliphatic rings. The quantitative estimate of drug-likeness (QED) is 0.622. The summed E-state index contributed by atoms with van der Waals surface area (Å²) in [5, 5.41) is 7.71. The summed E-state index contributed by atoms with van der Waals surface area (Å²) < 4.78 is 12.5. The fourth-order valence-corrected chi connectivity index (χ4v) is 4.21. The third-order valence-electron chi connectivity index (χ3n) is 5.89. The number of anilines is 1. The standard InChI is InChI=1S/C24H30N6O3/c1-17-23(18(2)30(27-17)22-7-5-6-10-25-22)28-11-13-29(14-12-28)24(31)26-16-19-8-9-20(32-3)21(15-19)33-4/h5-10,15H,11-14,16H2,1-4H3,(H,26,31).